The molecule has 1 heterocycles. The van der Waals surface area contributed by atoms with Crippen LogP contribution in [0.15, 0.2) is 24.3 Å². The second-order valence-corrected chi connectivity index (χ2v) is 5.78. The summed E-state index contributed by atoms with van der Waals surface area (Å²) in [5, 5.41) is 14.4. The van der Waals surface area contributed by atoms with Crippen molar-refractivity contribution in [1.82, 2.24) is 10.2 Å². The smallest absolute Gasteiger partial charge is 0.269 e. The van der Waals surface area contributed by atoms with Gasteiger partial charge in [-0.15, -0.1) is 0 Å². The molecule has 1 aliphatic rings. The van der Waals surface area contributed by atoms with E-state index in [0.717, 1.165) is 31.5 Å². The summed E-state index contributed by atoms with van der Waals surface area (Å²) in [7, 11) is 2.16. The van der Waals surface area contributed by atoms with Crippen LogP contribution in [0.3, 0.4) is 0 Å². The molecule has 5 nitrogen and oxygen atoms in total. The van der Waals surface area contributed by atoms with Gasteiger partial charge in [-0.1, -0.05) is 19.1 Å². The van der Waals surface area contributed by atoms with Gasteiger partial charge in [-0.25, -0.2) is 0 Å². The predicted octanol–water partition coefficient (Wildman–Crippen LogP) is 3.12. The maximum absolute atomic E-state index is 11.0. The first-order valence-corrected chi connectivity index (χ1v) is 7.80. The van der Waals surface area contributed by atoms with E-state index < -0.39 is 0 Å². The van der Waals surface area contributed by atoms with Crippen LogP contribution in [0.2, 0.25) is 0 Å². The Morgan fingerprint density at radius 2 is 2.24 bits per heavy atom. The van der Waals surface area contributed by atoms with Crippen LogP contribution in [0.1, 0.15) is 44.2 Å². The predicted molar refractivity (Wildman–Crippen MR) is 84.4 cm³/mol. The molecule has 21 heavy (non-hydrogen) atoms. The number of nitro groups is 1. The molecule has 2 rings (SSSR count). The van der Waals surface area contributed by atoms with Crippen molar-refractivity contribution < 1.29 is 4.92 Å². The average molecular weight is 291 g/mol. The van der Waals surface area contributed by atoms with Gasteiger partial charge in [-0.2, -0.15) is 0 Å². The summed E-state index contributed by atoms with van der Waals surface area (Å²) < 4.78 is 0. The molecule has 0 saturated carbocycles. The quantitative estimate of drug-likeness (QED) is 0.669. The molecule has 0 radical (unpaired) electrons. The highest BCUT2D eigenvalue weighted by atomic mass is 16.6. The van der Waals surface area contributed by atoms with Crippen molar-refractivity contribution in [3.63, 3.8) is 0 Å². The molecule has 1 N–H and O–H groups in total. The van der Waals surface area contributed by atoms with Gasteiger partial charge < -0.3 is 5.32 Å². The number of rotatable bonds is 5. The van der Waals surface area contributed by atoms with Crippen molar-refractivity contribution in [2.75, 3.05) is 20.1 Å². The van der Waals surface area contributed by atoms with Crippen LogP contribution in [0, 0.1) is 10.1 Å². The number of nitrogens with zero attached hydrogens (tertiary/aromatic N) is 2. The Morgan fingerprint density at radius 1 is 1.43 bits per heavy atom. The van der Waals surface area contributed by atoms with E-state index in [4.69, 9.17) is 0 Å². The standard InChI is InChI=1S/C16H25N3O2/c1-3-16(13-6-4-7-15(12-13)19(20)21)18(2)14-8-5-10-17-11-9-14/h4,6-7,12,14,16-17H,3,5,8-11H2,1-2H3. The molecule has 0 bridgehead atoms. The third-order valence-corrected chi connectivity index (χ3v) is 4.47. The highest BCUT2D eigenvalue weighted by Crippen LogP contribution is 2.29. The van der Waals surface area contributed by atoms with Crippen molar-refractivity contribution in [1.29, 1.82) is 0 Å². The second kappa shape index (κ2) is 7.52. The molecule has 1 aliphatic heterocycles. The summed E-state index contributed by atoms with van der Waals surface area (Å²) in [6.07, 6.45) is 4.48. The lowest BCUT2D eigenvalue weighted by Gasteiger charge is -2.34. The minimum Gasteiger partial charge on any atom is -0.317 e. The zero-order valence-corrected chi connectivity index (χ0v) is 12.9. The number of non-ortho nitro benzene ring substituents is 1. The zero-order valence-electron chi connectivity index (χ0n) is 12.9. The molecular formula is C16H25N3O2. The molecule has 1 aromatic rings. The highest BCUT2D eigenvalue weighted by molar-refractivity contribution is 5.35. The second-order valence-electron chi connectivity index (χ2n) is 5.78. The normalized spacial score (nSPS) is 21.0. The number of hydrogen-bond acceptors (Lipinski definition) is 4. The summed E-state index contributed by atoms with van der Waals surface area (Å²) in [4.78, 5) is 13.1. The fourth-order valence-electron chi connectivity index (χ4n) is 3.27. The van der Waals surface area contributed by atoms with Crippen molar-refractivity contribution >= 4 is 5.69 Å². The maximum Gasteiger partial charge on any atom is 0.269 e. The zero-order chi connectivity index (χ0) is 15.2. The molecule has 2 atom stereocenters. The number of benzene rings is 1. The number of nitrogens with one attached hydrogen (secondary N) is 1. The van der Waals surface area contributed by atoms with Crippen molar-refractivity contribution in [3.8, 4) is 0 Å². The molecular weight excluding hydrogens is 266 g/mol. The van der Waals surface area contributed by atoms with Gasteiger partial charge in [0.2, 0.25) is 0 Å². The Bertz CT molecular complexity index is 470. The molecule has 1 aromatic carbocycles. The van der Waals surface area contributed by atoms with Crippen LogP contribution >= 0.6 is 0 Å². The SMILES string of the molecule is CCC(c1cccc([N+](=O)[O-])c1)N(C)C1CCCNCC1. The van der Waals surface area contributed by atoms with Gasteiger partial charge in [-0.3, -0.25) is 15.0 Å². The minimum absolute atomic E-state index is 0.182. The van der Waals surface area contributed by atoms with Gasteiger partial charge in [0.05, 0.1) is 4.92 Å². The minimum atomic E-state index is -0.314. The Labute approximate surface area is 126 Å². The van der Waals surface area contributed by atoms with Gasteiger partial charge in [0, 0.05) is 24.2 Å². The van der Waals surface area contributed by atoms with Crippen molar-refractivity contribution in [3.05, 3.63) is 39.9 Å². The summed E-state index contributed by atoms with van der Waals surface area (Å²) in [5.41, 5.74) is 1.23. The molecule has 0 spiro atoms. The van der Waals surface area contributed by atoms with Gasteiger partial charge >= 0.3 is 0 Å². The lowest BCUT2D eigenvalue weighted by molar-refractivity contribution is -0.385. The molecule has 5 heteroatoms. The Morgan fingerprint density at radius 3 is 2.95 bits per heavy atom. The van der Waals surface area contributed by atoms with E-state index >= 15 is 0 Å². The van der Waals surface area contributed by atoms with Gasteiger partial charge in [0.25, 0.3) is 5.69 Å². The molecule has 0 amide bonds. The molecule has 1 fully saturated rings. The molecule has 2 unspecified atom stereocenters. The Balaban J connectivity index is 2.17. The van der Waals surface area contributed by atoms with Crippen LogP contribution in [-0.4, -0.2) is 36.0 Å². The first kappa shape index (κ1) is 15.9. The van der Waals surface area contributed by atoms with E-state index in [2.05, 4.69) is 24.2 Å². The number of nitro benzene ring substituents is 1. The van der Waals surface area contributed by atoms with Gasteiger partial charge in [0.15, 0.2) is 0 Å². The largest absolute Gasteiger partial charge is 0.317 e. The Kier molecular flexibility index (Phi) is 5.70. The molecule has 1 saturated heterocycles. The fraction of sp³-hybridized carbons (Fsp3) is 0.625. The van der Waals surface area contributed by atoms with Crippen LogP contribution in [0.5, 0.6) is 0 Å². The van der Waals surface area contributed by atoms with E-state index in [1.807, 2.05) is 6.07 Å². The van der Waals surface area contributed by atoms with Crippen LogP contribution in [0.25, 0.3) is 0 Å². The summed E-state index contributed by atoms with van der Waals surface area (Å²) in [6.45, 7) is 4.30. The first-order valence-electron chi connectivity index (χ1n) is 7.80. The molecule has 0 aliphatic carbocycles. The maximum atomic E-state index is 11.0. The van der Waals surface area contributed by atoms with Crippen LogP contribution < -0.4 is 5.32 Å². The molecule has 0 aromatic heterocycles. The first-order chi connectivity index (χ1) is 10.1. The van der Waals surface area contributed by atoms with E-state index in [1.165, 1.54) is 12.8 Å². The lowest BCUT2D eigenvalue weighted by Crippen LogP contribution is -2.35. The van der Waals surface area contributed by atoms with Crippen molar-refractivity contribution in [2.45, 2.75) is 44.7 Å². The average Bonchev–Trinajstić information content (AvgIpc) is 2.77. The van der Waals surface area contributed by atoms with E-state index in [-0.39, 0.29) is 16.7 Å². The number of hydrogen-bond donors (Lipinski definition) is 1. The van der Waals surface area contributed by atoms with Gasteiger partial charge in [-0.05, 0) is 51.4 Å². The monoisotopic (exact) mass is 291 g/mol. The molecule has 116 valence electrons. The van der Waals surface area contributed by atoms with Crippen LogP contribution in [0.4, 0.5) is 5.69 Å². The van der Waals surface area contributed by atoms with Crippen LogP contribution in [-0.2, 0) is 0 Å². The summed E-state index contributed by atoms with van der Waals surface area (Å²) in [6, 6.07) is 7.87. The summed E-state index contributed by atoms with van der Waals surface area (Å²) in [5.74, 6) is 0. The van der Waals surface area contributed by atoms with E-state index in [9.17, 15) is 10.1 Å². The highest BCUT2D eigenvalue weighted by Gasteiger charge is 2.24. The third kappa shape index (κ3) is 4.02. The lowest BCUT2D eigenvalue weighted by atomic mass is 9.98. The Hall–Kier alpha value is -1.46. The van der Waals surface area contributed by atoms with E-state index in [0.29, 0.717) is 6.04 Å². The van der Waals surface area contributed by atoms with Gasteiger partial charge in [0.1, 0.15) is 0 Å². The van der Waals surface area contributed by atoms with E-state index in [1.54, 1.807) is 18.2 Å². The fourth-order valence-corrected chi connectivity index (χ4v) is 3.27. The van der Waals surface area contributed by atoms with Crippen molar-refractivity contribution in [2.24, 2.45) is 0 Å². The summed E-state index contributed by atoms with van der Waals surface area (Å²) >= 11 is 0. The third-order valence-electron chi connectivity index (χ3n) is 4.47. The topological polar surface area (TPSA) is 58.4 Å².